The van der Waals surface area contributed by atoms with Crippen molar-refractivity contribution in [3.63, 3.8) is 0 Å². The predicted octanol–water partition coefficient (Wildman–Crippen LogP) is 7.31. The van der Waals surface area contributed by atoms with Crippen molar-refractivity contribution in [2.75, 3.05) is 52.4 Å². The fraction of sp³-hybridized carbons (Fsp3) is 0.706. The van der Waals surface area contributed by atoms with Crippen molar-refractivity contribution in [2.24, 2.45) is 0 Å². The zero-order chi connectivity index (χ0) is 35.4. The third kappa shape index (κ3) is 23.3. The summed E-state index contributed by atoms with van der Waals surface area (Å²) in [6, 6.07) is 3.62. The van der Waals surface area contributed by atoms with E-state index in [1.165, 1.54) is 61.3 Å². The average molecular weight is 647 g/mol. The van der Waals surface area contributed by atoms with E-state index in [0.29, 0.717) is 0 Å². The van der Waals surface area contributed by atoms with Crippen molar-refractivity contribution in [3.8, 4) is 11.5 Å². The summed E-state index contributed by atoms with van der Waals surface area (Å²) in [6.45, 7) is 58.8. The van der Waals surface area contributed by atoms with Crippen LogP contribution in [-0.2, 0) is 46.8 Å². The van der Waals surface area contributed by atoms with Gasteiger partial charge in [-0.25, -0.2) is 0 Å². The van der Waals surface area contributed by atoms with Crippen LogP contribution in [0.2, 0.25) is 0 Å². The SMILES string of the molecule is CC(C)(C)c1cc(O)c(O)c(C(C)(C)C)c1.CC[N+](CC)(CC)CC.CC[N+](CC)(CC)CC.[C-]#[O+].[C-]#[O+].[C-]#[O+].[C-]#[O+].[Cr]. The summed E-state index contributed by atoms with van der Waals surface area (Å²) < 4.78 is 32.6. The van der Waals surface area contributed by atoms with Gasteiger partial charge in [0, 0.05) is 22.9 Å². The minimum atomic E-state index is -0.178. The van der Waals surface area contributed by atoms with Gasteiger partial charge in [-0.1, -0.05) is 47.6 Å². The second kappa shape index (κ2) is 31.7. The van der Waals surface area contributed by atoms with Gasteiger partial charge >= 0.3 is 45.2 Å². The Kier molecular flexibility index (Phi) is 41.9. The predicted molar refractivity (Wildman–Crippen MR) is 168 cm³/mol. The zero-order valence-corrected chi connectivity index (χ0v) is 30.9. The summed E-state index contributed by atoms with van der Waals surface area (Å²) in [7, 11) is 0. The Morgan fingerprint density at radius 1 is 0.512 bits per heavy atom. The maximum absolute atomic E-state index is 9.87. The maximum Gasteiger partial charge on any atom is 0 e. The van der Waals surface area contributed by atoms with E-state index in [2.05, 4.69) is 103 Å². The molecule has 248 valence electrons. The van der Waals surface area contributed by atoms with E-state index in [1.807, 2.05) is 26.8 Å². The molecule has 0 saturated heterocycles. The molecule has 0 heterocycles. The molecule has 43 heavy (non-hydrogen) atoms. The van der Waals surface area contributed by atoms with Crippen LogP contribution in [0.4, 0.5) is 0 Å². The first kappa shape index (κ1) is 57.0. The van der Waals surface area contributed by atoms with E-state index >= 15 is 0 Å². The Hall–Kier alpha value is -1.77. The summed E-state index contributed by atoms with van der Waals surface area (Å²) >= 11 is 0. The normalized spacial score (nSPS) is 10.0. The van der Waals surface area contributed by atoms with Crippen molar-refractivity contribution in [1.82, 2.24) is 0 Å². The molecule has 0 saturated carbocycles. The van der Waals surface area contributed by atoms with Crippen LogP contribution in [0.25, 0.3) is 0 Å². The van der Waals surface area contributed by atoms with Crippen LogP contribution < -0.4 is 0 Å². The monoisotopic (exact) mass is 646 g/mol. The molecular formula is C34H62CrN2O6+2. The quantitative estimate of drug-likeness (QED) is 0.133. The van der Waals surface area contributed by atoms with E-state index in [1.54, 1.807) is 6.07 Å². The largest absolute Gasteiger partial charge is 0 e. The molecule has 0 aliphatic rings. The third-order valence-electron chi connectivity index (χ3n) is 8.13. The van der Waals surface area contributed by atoms with Gasteiger partial charge in [-0.3, -0.25) is 0 Å². The van der Waals surface area contributed by atoms with Gasteiger partial charge in [0.1, 0.15) is 0 Å². The van der Waals surface area contributed by atoms with Gasteiger partial charge in [0.15, 0.2) is 11.5 Å². The molecule has 9 heteroatoms. The Balaban J connectivity index is -0.0000000836. The molecule has 0 radical (unpaired) electrons. The molecule has 0 aliphatic carbocycles. The van der Waals surface area contributed by atoms with Crippen LogP contribution in [0.5, 0.6) is 11.5 Å². The second-order valence-corrected chi connectivity index (χ2v) is 11.6. The summed E-state index contributed by atoms with van der Waals surface area (Å²) in [6.07, 6.45) is 0. The number of hydrogen-bond donors (Lipinski definition) is 2. The molecule has 1 aromatic carbocycles. The van der Waals surface area contributed by atoms with Crippen molar-refractivity contribution in [2.45, 2.75) is 108 Å². The van der Waals surface area contributed by atoms with E-state index in [4.69, 9.17) is 18.6 Å². The number of benzene rings is 1. The van der Waals surface area contributed by atoms with Crippen LogP contribution >= 0.6 is 0 Å². The second-order valence-electron chi connectivity index (χ2n) is 11.6. The molecule has 0 bridgehead atoms. The molecular weight excluding hydrogens is 584 g/mol. The van der Waals surface area contributed by atoms with E-state index in [9.17, 15) is 10.2 Å². The van der Waals surface area contributed by atoms with Gasteiger partial charge in [0.05, 0.1) is 52.4 Å². The molecule has 0 fully saturated rings. The number of rotatable bonds is 8. The topological polar surface area (TPSA) is 120 Å². The summed E-state index contributed by atoms with van der Waals surface area (Å²) in [5.74, 6) is -0.0298. The van der Waals surface area contributed by atoms with Crippen LogP contribution in [0.3, 0.4) is 0 Å². The molecule has 1 rings (SSSR count). The summed E-state index contributed by atoms with van der Waals surface area (Å²) in [5.41, 5.74) is 1.61. The van der Waals surface area contributed by atoms with E-state index < -0.39 is 0 Å². The number of phenolic OH excluding ortho intramolecular Hbond substituents is 2. The molecule has 8 nitrogen and oxygen atoms in total. The molecule has 0 unspecified atom stereocenters. The first-order valence-corrected chi connectivity index (χ1v) is 14.6. The molecule has 1 aromatic rings. The Labute approximate surface area is 276 Å². The first-order chi connectivity index (χ1) is 19.5. The van der Waals surface area contributed by atoms with Crippen molar-refractivity contribution in [1.29, 1.82) is 0 Å². The third-order valence-corrected chi connectivity index (χ3v) is 8.13. The fourth-order valence-corrected chi connectivity index (χ4v) is 4.31. The number of quaternary nitrogens is 2. The number of aromatic hydroxyl groups is 2. The Morgan fingerprint density at radius 2 is 0.744 bits per heavy atom. The maximum atomic E-state index is 9.87. The van der Waals surface area contributed by atoms with E-state index in [0.717, 1.165) is 11.1 Å². The van der Waals surface area contributed by atoms with Gasteiger partial charge in [-0.05, 0) is 77.8 Å². The minimum absolute atomic E-state index is 0. The van der Waals surface area contributed by atoms with Crippen LogP contribution in [-0.4, -0.2) is 71.5 Å². The summed E-state index contributed by atoms with van der Waals surface area (Å²) in [4.78, 5) is 0. The zero-order valence-electron chi connectivity index (χ0n) is 29.6. The Morgan fingerprint density at radius 3 is 0.884 bits per heavy atom. The molecule has 0 aliphatic heterocycles. The van der Waals surface area contributed by atoms with Gasteiger partial charge < -0.3 is 19.2 Å². The van der Waals surface area contributed by atoms with Crippen LogP contribution in [0, 0.1) is 26.6 Å². The fourth-order valence-electron chi connectivity index (χ4n) is 4.31. The first-order valence-electron chi connectivity index (χ1n) is 14.6. The van der Waals surface area contributed by atoms with Gasteiger partial charge in [-0.2, -0.15) is 0 Å². The Bertz CT molecular complexity index is 779. The molecule has 0 aromatic heterocycles. The van der Waals surface area contributed by atoms with E-state index in [-0.39, 0.29) is 39.7 Å². The van der Waals surface area contributed by atoms with Crippen LogP contribution in [0.15, 0.2) is 12.1 Å². The number of phenols is 2. The molecule has 0 atom stereocenters. The van der Waals surface area contributed by atoms with Crippen LogP contribution in [0.1, 0.15) is 108 Å². The molecule has 2 N–H and O–H groups in total. The average Bonchev–Trinajstić information content (AvgIpc) is 3.01. The molecule has 0 amide bonds. The summed E-state index contributed by atoms with van der Waals surface area (Å²) in [5, 5.41) is 19.6. The van der Waals surface area contributed by atoms with Crippen molar-refractivity contribution in [3.05, 3.63) is 49.9 Å². The van der Waals surface area contributed by atoms with Gasteiger partial charge in [0.25, 0.3) is 0 Å². The number of nitrogens with zero attached hydrogens (tertiary/aromatic N) is 2. The van der Waals surface area contributed by atoms with Crippen molar-refractivity contribution < 1.29 is 55.1 Å². The van der Waals surface area contributed by atoms with Gasteiger partial charge in [-0.15, -0.1) is 0 Å². The number of hydrogen-bond acceptors (Lipinski definition) is 2. The van der Waals surface area contributed by atoms with Crippen molar-refractivity contribution >= 4 is 0 Å². The smallest absolute Gasteiger partial charge is 0 e. The standard InChI is InChI=1S/C14H22O2.2C8H20N.4CO.Cr/c1-13(2,3)9-7-10(14(4,5)6)12(16)11(15)8-9;2*1-5-9(6-2,7-3)8-4;4*1-2;/h7-8,15-16H,1-6H3;2*5-8H2,1-4H3;;;;;/q;2*+1;;;;;. The molecule has 0 spiro atoms. The van der Waals surface area contributed by atoms with Gasteiger partial charge in [0.2, 0.25) is 0 Å². The minimum Gasteiger partial charge on any atom is 0 e.